The normalized spacial score (nSPS) is 15.2. The van der Waals surface area contributed by atoms with E-state index in [-0.39, 0.29) is 17.0 Å². The summed E-state index contributed by atoms with van der Waals surface area (Å²) in [6.07, 6.45) is 5.82. The molecule has 30 heavy (non-hydrogen) atoms. The Morgan fingerprint density at radius 1 is 1.00 bits per heavy atom. The molecule has 0 radical (unpaired) electrons. The van der Waals surface area contributed by atoms with Crippen LogP contribution in [0.3, 0.4) is 0 Å². The fraction of sp³-hybridized carbons (Fsp3) is 0.375. The maximum absolute atomic E-state index is 12.9. The van der Waals surface area contributed by atoms with Crippen LogP contribution >= 0.6 is 0 Å². The smallest absolute Gasteiger partial charge is 0.299 e. The predicted molar refractivity (Wildman–Crippen MR) is 119 cm³/mol. The number of aryl methyl sites for hydroxylation is 3. The first-order valence-electron chi connectivity index (χ1n) is 10.6. The molecule has 4 rings (SSSR count). The molecule has 1 fully saturated rings. The second-order valence-electron chi connectivity index (χ2n) is 8.24. The molecule has 0 bridgehead atoms. The number of hydrogen-bond donors (Lipinski definition) is 2. The summed E-state index contributed by atoms with van der Waals surface area (Å²) in [5.74, 6) is 0.542. The second kappa shape index (κ2) is 8.30. The monoisotopic (exact) mass is 404 g/mol. The van der Waals surface area contributed by atoms with Crippen LogP contribution in [0.2, 0.25) is 0 Å². The molecule has 0 unspecified atom stereocenters. The van der Waals surface area contributed by atoms with Gasteiger partial charge in [-0.25, -0.2) is 4.68 Å². The molecule has 2 aromatic carbocycles. The molecule has 1 aliphatic rings. The Kier molecular flexibility index (Phi) is 5.57. The molecule has 0 atom stereocenters. The molecule has 1 aromatic heterocycles. The highest BCUT2D eigenvalue weighted by molar-refractivity contribution is 5.56. The van der Waals surface area contributed by atoms with E-state index >= 15 is 0 Å². The molecule has 0 aliphatic heterocycles. The van der Waals surface area contributed by atoms with E-state index in [1.165, 1.54) is 29.5 Å². The molecular weight excluding hydrogens is 376 g/mol. The fourth-order valence-corrected chi connectivity index (χ4v) is 4.18. The number of nitrogens with one attached hydrogen (secondary N) is 1. The third-order valence-corrected chi connectivity index (χ3v) is 6.14. The number of phenols is 1. The lowest BCUT2D eigenvalue weighted by molar-refractivity contribution is 0.415. The zero-order valence-electron chi connectivity index (χ0n) is 17.8. The summed E-state index contributed by atoms with van der Waals surface area (Å²) in [4.78, 5) is 12.9. The number of benzene rings is 2. The minimum Gasteiger partial charge on any atom is -0.505 e. The van der Waals surface area contributed by atoms with Gasteiger partial charge in [0.25, 0.3) is 5.56 Å². The van der Waals surface area contributed by atoms with Gasteiger partial charge in [0.05, 0.1) is 11.4 Å². The number of para-hydroxylation sites is 1. The minimum atomic E-state index is -0.262. The van der Waals surface area contributed by atoms with E-state index in [4.69, 9.17) is 0 Å². The van der Waals surface area contributed by atoms with Gasteiger partial charge in [-0.2, -0.15) is 0 Å². The standard InChI is InChI=1S/C24H28N4O2/c1-15-12-13-19(14-16(15)2)28-24(30)22(17(3)27-28)26-25-21-11-7-10-20(23(21)29)18-8-5-4-6-9-18/h7,10-14,18,27,29H,4-6,8-9H2,1-3H3. The maximum atomic E-state index is 12.9. The number of phenolic OH excluding ortho intramolecular Hbond substituents is 1. The molecule has 156 valence electrons. The van der Waals surface area contributed by atoms with Crippen molar-refractivity contribution in [2.75, 3.05) is 0 Å². The van der Waals surface area contributed by atoms with Gasteiger partial charge in [-0.3, -0.25) is 9.89 Å². The third kappa shape index (κ3) is 3.82. The van der Waals surface area contributed by atoms with Crippen molar-refractivity contribution < 1.29 is 5.11 Å². The first-order chi connectivity index (χ1) is 14.5. The number of H-pyrrole nitrogens is 1. The highest BCUT2D eigenvalue weighted by Crippen LogP contribution is 2.41. The van der Waals surface area contributed by atoms with Crippen LogP contribution in [0.4, 0.5) is 11.4 Å². The second-order valence-corrected chi connectivity index (χ2v) is 8.24. The highest BCUT2D eigenvalue weighted by Gasteiger charge is 2.20. The summed E-state index contributed by atoms with van der Waals surface area (Å²) in [5.41, 5.74) is 4.99. The topological polar surface area (TPSA) is 82.7 Å². The number of nitrogens with zero attached hydrogens (tertiary/aromatic N) is 3. The summed E-state index contributed by atoms with van der Waals surface area (Å²) in [6.45, 7) is 5.85. The van der Waals surface area contributed by atoms with Crippen molar-refractivity contribution in [3.05, 3.63) is 69.1 Å². The maximum Gasteiger partial charge on any atom is 0.299 e. The predicted octanol–water partition coefficient (Wildman–Crippen LogP) is 6.26. The van der Waals surface area contributed by atoms with Gasteiger partial charge in [0, 0.05) is 0 Å². The highest BCUT2D eigenvalue weighted by atomic mass is 16.3. The SMILES string of the molecule is Cc1ccc(-n2[nH]c(C)c(N=Nc3cccc(C4CCCCC4)c3O)c2=O)cc1C. The van der Waals surface area contributed by atoms with Crippen molar-refractivity contribution in [1.82, 2.24) is 9.78 Å². The van der Waals surface area contributed by atoms with E-state index in [0.29, 0.717) is 17.3 Å². The Labute approximate surface area is 176 Å². The third-order valence-electron chi connectivity index (χ3n) is 6.14. The molecule has 6 heteroatoms. The van der Waals surface area contributed by atoms with Crippen molar-refractivity contribution in [1.29, 1.82) is 0 Å². The summed E-state index contributed by atoms with van der Waals surface area (Å²) < 4.78 is 1.48. The average Bonchev–Trinajstić information content (AvgIpc) is 3.03. The van der Waals surface area contributed by atoms with Gasteiger partial charge in [-0.15, -0.1) is 10.2 Å². The summed E-state index contributed by atoms with van der Waals surface area (Å²) in [5, 5.41) is 22.3. The lowest BCUT2D eigenvalue weighted by Crippen LogP contribution is -2.14. The zero-order valence-corrected chi connectivity index (χ0v) is 17.8. The van der Waals surface area contributed by atoms with E-state index in [9.17, 15) is 9.90 Å². The molecule has 3 aromatic rings. The largest absolute Gasteiger partial charge is 0.505 e. The summed E-state index contributed by atoms with van der Waals surface area (Å²) in [6, 6.07) is 11.5. The average molecular weight is 405 g/mol. The van der Waals surface area contributed by atoms with Gasteiger partial charge in [-0.1, -0.05) is 37.5 Å². The van der Waals surface area contributed by atoms with Gasteiger partial charge in [0.2, 0.25) is 0 Å². The molecule has 1 saturated carbocycles. The molecule has 1 heterocycles. The lowest BCUT2D eigenvalue weighted by Gasteiger charge is -2.22. The summed E-state index contributed by atoms with van der Waals surface area (Å²) in [7, 11) is 0. The molecule has 0 spiro atoms. The molecule has 1 aliphatic carbocycles. The Hall–Kier alpha value is -3.15. The van der Waals surface area contributed by atoms with Gasteiger partial charge in [0.15, 0.2) is 5.69 Å². The Morgan fingerprint density at radius 3 is 2.50 bits per heavy atom. The number of rotatable bonds is 4. The number of aromatic nitrogens is 2. The number of aromatic amines is 1. The van der Waals surface area contributed by atoms with Crippen LogP contribution < -0.4 is 5.56 Å². The van der Waals surface area contributed by atoms with Crippen molar-refractivity contribution in [2.45, 2.75) is 58.8 Å². The Bertz CT molecular complexity index is 1150. The number of azo groups is 1. The van der Waals surface area contributed by atoms with Gasteiger partial charge < -0.3 is 5.11 Å². The van der Waals surface area contributed by atoms with Crippen LogP contribution in [-0.4, -0.2) is 14.9 Å². The van der Waals surface area contributed by atoms with E-state index in [1.54, 1.807) is 13.0 Å². The molecule has 0 saturated heterocycles. The van der Waals surface area contributed by atoms with Crippen LogP contribution in [-0.2, 0) is 0 Å². The summed E-state index contributed by atoms with van der Waals surface area (Å²) >= 11 is 0. The van der Waals surface area contributed by atoms with Gasteiger partial charge in [0.1, 0.15) is 11.4 Å². The molecule has 2 N–H and O–H groups in total. The first-order valence-corrected chi connectivity index (χ1v) is 10.6. The quantitative estimate of drug-likeness (QED) is 0.503. The number of aromatic hydroxyl groups is 1. The van der Waals surface area contributed by atoms with Crippen LogP contribution in [0.25, 0.3) is 5.69 Å². The van der Waals surface area contributed by atoms with Gasteiger partial charge >= 0.3 is 0 Å². The van der Waals surface area contributed by atoms with Crippen LogP contribution in [0, 0.1) is 20.8 Å². The van der Waals surface area contributed by atoms with E-state index in [2.05, 4.69) is 15.3 Å². The van der Waals surface area contributed by atoms with E-state index < -0.39 is 0 Å². The van der Waals surface area contributed by atoms with Crippen molar-refractivity contribution in [2.24, 2.45) is 10.2 Å². The van der Waals surface area contributed by atoms with E-state index in [1.807, 2.05) is 44.2 Å². The Morgan fingerprint density at radius 2 is 1.77 bits per heavy atom. The van der Waals surface area contributed by atoms with Gasteiger partial charge in [-0.05, 0) is 74.4 Å². The minimum absolute atomic E-state index is 0.177. The first kappa shape index (κ1) is 20.1. The van der Waals surface area contributed by atoms with E-state index in [0.717, 1.165) is 29.7 Å². The molecular formula is C24H28N4O2. The zero-order chi connectivity index (χ0) is 21.3. The van der Waals surface area contributed by atoms with Crippen molar-refractivity contribution in [3.63, 3.8) is 0 Å². The van der Waals surface area contributed by atoms with Crippen LogP contribution in [0.15, 0.2) is 51.4 Å². The van der Waals surface area contributed by atoms with Crippen LogP contribution in [0.5, 0.6) is 5.75 Å². The van der Waals surface area contributed by atoms with Crippen molar-refractivity contribution >= 4 is 11.4 Å². The fourth-order valence-electron chi connectivity index (χ4n) is 4.18. The van der Waals surface area contributed by atoms with Crippen molar-refractivity contribution in [3.8, 4) is 11.4 Å². The number of hydrogen-bond acceptors (Lipinski definition) is 4. The Balaban J connectivity index is 1.66. The molecule has 6 nitrogen and oxygen atoms in total. The lowest BCUT2D eigenvalue weighted by atomic mass is 9.83. The molecule has 0 amide bonds. The van der Waals surface area contributed by atoms with Crippen LogP contribution in [0.1, 0.15) is 60.4 Å².